The summed E-state index contributed by atoms with van der Waals surface area (Å²) in [4.78, 5) is 14.8. The summed E-state index contributed by atoms with van der Waals surface area (Å²) in [6, 6.07) is 10.4. The number of carbonyl (C=O) groups excluding carboxylic acids is 1. The van der Waals surface area contributed by atoms with Gasteiger partial charge >= 0.3 is 0 Å². The number of hydrogen-bond acceptors (Lipinski definition) is 4. The third-order valence-electron chi connectivity index (χ3n) is 4.11. The third-order valence-corrected chi connectivity index (χ3v) is 5.27. The van der Waals surface area contributed by atoms with Gasteiger partial charge in [-0.15, -0.1) is 11.8 Å². The fourth-order valence-corrected chi connectivity index (χ4v) is 3.91. The van der Waals surface area contributed by atoms with Gasteiger partial charge in [-0.3, -0.25) is 10.1 Å². The van der Waals surface area contributed by atoms with E-state index >= 15 is 0 Å². The first-order chi connectivity index (χ1) is 10.3. The Hall–Kier alpha value is -1.04. The molecule has 3 rings (SSSR count). The average Bonchev–Trinajstić information content (AvgIpc) is 3.21. The molecule has 0 saturated carbocycles. The Labute approximate surface area is 130 Å². The van der Waals surface area contributed by atoms with Gasteiger partial charge in [0.2, 0.25) is 5.91 Å². The Kier molecular flexibility index (Phi) is 5.17. The fraction of sp³-hybridized carbons (Fsp3) is 0.562. The first-order valence-electron chi connectivity index (χ1n) is 7.75. The van der Waals surface area contributed by atoms with Gasteiger partial charge in [0, 0.05) is 18.8 Å². The largest absolute Gasteiger partial charge is 0.346 e. The lowest BCUT2D eigenvalue weighted by atomic mass is 10.1. The molecule has 2 fully saturated rings. The van der Waals surface area contributed by atoms with Crippen molar-refractivity contribution in [3.63, 3.8) is 0 Å². The standard InChI is InChI=1S/C16H23N3OS/c20-15(16-17-8-11-21-16)18-14(12-19-9-4-5-10-19)13-6-2-1-3-7-13/h1-3,6-7,14,16-17H,4-5,8-12H2,(H,18,20). The lowest BCUT2D eigenvalue weighted by molar-refractivity contribution is -0.121. The Morgan fingerprint density at radius 1 is 1.33 bits per heavy atom. The van der Waals surface area contributed by atoms with Gasteiger partial charge in [-0.25, -0.2) is 0 Å². The van der Waals surface area contributed by atoms with Crippen LogP contribution in [0, 0.1) is 0 Å². The molecule has 2 aliphatic heterocycles. The summed E-state index contributed by atoms with van der Waals surface area (Å²) < 4.78 is 0. The summed E-state index contributed by atoms with van der Waals surface area (Å²) in [6.45, 7) is 4.13. The molecule has 2 atom stereocenters. The molecule has 2 saturated heterocycles. The molecule has 114 valence electrons. The van der Waals surface area contributed by atoms with E-state index in [4.69, 9.17) is 0 Å². The maximum Gasteiger partial charge on any atom is 0.248 e. The molecule has 0 bridgehead atoms. The van der Waals surface area contributed by atoms with Gasteiger partial charge in [-0.05, 0) is 31.5 Å². The minimum Gasteiger partial charge on any atom is -0.346 e. The van der Waals surface area contributed by atoms with E-state index in [-0.39, 0.29) is 17.3 Å². The Morgan fingerprint density at radius 3 is 2.76 bits per heavy atom. The van der Waals surface area contributed by atoms with Gasteiger partial charge < -0.3 is 10.2 Å². The monoisotopic (exact) mass is 305 g/mol. The van der Waals surface area contributed by atoms with Crippen LogP contribution in [-0.4, -0.2) is 48.1 Å². The minimum absolute atomic E-state index is 0.0831. The number of nitrogens with zero attached hydrogens (tertiary/aromatic N) is 1. The number of benzene rings is 1. The second kappa shape index (κ2) is 7.29. The van der Waals surface area contributed by atoms with E-state index in [0.29, 0.717) is 0 Å². The highest BCUT2D eigenvalue weighted by molar-refractivity contribution is 8.00. The summed E-state index contributed by atoms with van der Waals surface area (Å²) in [5.74, 6) is 1.13. The molecule has 2 unspecified atom stereocenters. The zero-order chi connectivity index (χ0) is 14.5. The second-order valence-electron chi connectivity index (χ2n) is 5.68. The van der Waals surface area contributed by atoms with Crippen LogP contribution in [0.4, 0.5) is 0 Å². The van der Waals surface area contributed by atoms with Crippen molar-refractivity contribution in [2.24, 2.45) is 0 Å². The maximum absolute atomic E-state index is 12.4. The number of nitrogens with one attached hydrogen (secondary N) is 2. The smallest absolute Gasteiger partial charge is 0.248 e. The molecule has 2 heterocycles. The molecule has 2 aliphatic rings. The number of thioether (sulfide) groups is 1. The first-order valence-corrected chi connectivity index (χ1v) is 8.80. The summed E-state index contributed by atoms with van der Waals surface area (Å²) >= 11 is 1.69. The summed E-state index contributed by atoms with van der Waals surface area (Å²) in [5, 5.41) is 6.39. The molecule has 4 nitrogen and oxygen atoms in total. The van der Waals surface area contributed by atoms with Crippen LogP contribution in [0.25, 0.3) is 0 Å². The van der Waals surface area contributed by atoms with Crippen molar-refractivity contribution in [1.82, 2.24) is 15.5 Å². The fourth-order valence-electron chi connectivity index (χ4n) is 2.98. The van der Waals surface area contributed by atoms with Crippen LogP contribution < -0.4 is 10.6 Å². The van der Waals surface area contributed by atoms with Crippen LogP contribution >= 0.6 is 11.8 Å². The number of amides is 1. The molecular formula is C16H23N3OS. The van der Waals surface area contributed by atoms with Crippen molar-refractivity contribution in [3.8, 4) is 0 Å². The Balaban J connectivity index is 1.67. The van der Waals surface area contributed by atoms with Crippen LogP contribution in [0.5, 0.6) is 0 Å². The van der Waals surface area contributed by atoms with Crippen LogP contribution in [0.2, 0.25) is 0 Å². The van der Waals surface area contributed by atoms with E-state index < -0.39 is 0 Å². The lowest BCUT2D eigenvalue weighted by Gasteiger charge is -2.26. The molecule has 21 heavy (non-hydrogen) atoms. The highest BCUT2D eigenvalue weighted by Gasteiger charge is 2.26. The SMILES string of the molecule is O=C(NC(CN1CCCC1)c1ccccc1)C1NCCS1. The lowest BCUT2D eigenvalue weighted by Crippen LogP contribution is -2.43. The van der Waals surface area contributed by atoms with Gasteiger partial charge in [-0.1, -0.05) is 30.3 Å². The van der Waals surface area contributed by atoms with E-state index in [1.54, 1.807) is 11.8 Å². The second-order valence-corrected chi connectivity index (χ2v) is 6.90. The van der Waals surface area contributed by atoms with E-state index in [1.165, 1.54) is 18.4 Å². The highest BCUT2D eigenvalue weighted by atomic mass is 32.2. The number of hydrogen-bond donors (Lipinski definition) is 2. The zero-order valence-electron chi connectivity index (χ0n) is 12.3. The van der Waals surface area contributed by atoms with E-state index in [9.17, 15) is 4.79 Å². The Bertz CT molecular complexity index is 456. The van der Waals surface area contributed by atoms with Gasteiger partial charge in [0.15, 0.2) is 0 Å². The molecule has 0 radical (unpaired) electrons. The molecule has 1 amide bonds. The van der Waals surface area contributed by atoms with Gasteiger partial charge in [-0.2, -0.15) is 0 Å². The molecule has 5 heteroatoms. The molecule has 0 aromatic heterocycles. The van der Waals surface area contributed by atoms with Crippen molar-refractivity contribution >= 4 is 17.7 Å². The quantitative estimate of drug-likeness (QED) is 0.867. The van der Waals surface area contributed by atoms with Crippen molar-refractivity contribution in [2.45, 2.75) is 24.3 Å². The van der Waals surface area contributed by atoms with Crippen molar-refractivity contribution in [3.05, 3.63) is 35.9 Å². The summed E-state index contributed by atoms with van der Waals surface area (Å²) in [6.07, 6.45) is 2.55. The van der Waals surface area contributed by atoms with Crippen LogP contribution in [0.15, 0.2) is 30.3 Å². The normalized spacial score (nSPS) is 24.1. The average molecular weight is 305 g/mol. The van der Waals surface area contributed by atoms with Crippen LogP contribution in [0.3, 0.4) is 0 Å². The molecule has 0 spiro atoms. The third kappa shape index (κ3) is 3.99. The number of rotatable bonds is 5. The highest BCUT2D eigenvalue weighted by Crippen LogP contribution is 2.20. The minimum atomic E-state index is -0.0882. The predicted molar refractivity (Wildman–Crippen MR) is 87.2 cm³/mol. The molecule has 1 aromatic rings. The molecule has 2 N–H and O–H groups in total. The summed E-state index contributed by atoms with van der Waals surface area (Å²) in [5.41, 5.74) is 1.20. The Morgan fingerprint density at radius 2 is 2.10 bits per heavy atom. The first kappa shape index (κ1) is 14.9. The van der Waals surface area contributed by atoms with Crippen LogP contribution in [0.1, 0.15) is 24.4 Å². The topological polar surface area (TPSA) is 44.4 Å². The molecule has 1 aromatic carbocycles. The van der Waals surface area contributed by atoms with Gasteiger partial charge in [0.1, 0.15) is 5.37 Å². The number of likely N-dealkylation sites (tertiary alicyclic amines) is 1. The summed E-state index contributed by atoms with van der Waals surface area (Å²) in [7, 11) is 0. The molecular weight excluding hydrogens is 282 g/mol. The number of carbonyl (C=O) groups is 1. The van der Waals surface area contributed by atoms with Gasteiger partial charge in [0.05, 0.1) is 6.04 Å². The van der Waals surface area contributed by atoms with E-state index in [2.05, 4.69) is 27.7 Å². The van der Waals surface area contributed by atoms with Crippen molar-refractivity contribution < 1.29 is 4.79 Å². The van der Waals surface area contributed by atoms with Crippen molar-refractivity contribution in [2.75, 3.05) is 31.9 Å². The van der Waals surface area contributed by atoms with E-state index in [0.717, 1.165) is 31.9 Å². The predicted octanol–water partition coefficient (Wildman–Crippen LogP) is 1.60. The zero-order valence-corrected chi connectivity index (χ0v) is 13.1. The van der Waals surface area contributed by atoms with E-state index in [1.807, 2.05) is 18.2 Å². The maximum atomic E-state index is 12.4. The molecule has 0 aliphatic carbocycles. The van der Waals surface area contributed by atoms with Crippen molar-refractivity contribution in [1.29, 1.82) is 0 Å². The van der Waals surface area contributed by atoms with Crippen LogP contribution in [-0.2, 0) is 4.79 Å². The van der Waals surface area contributed by atoms with Gasteiger partial charge in [0.25, 0.3) is 0 Å².